The van der Waals surface area contributed by atoms with Crippen LogP contribution in [0, 0.1) is 0 Å². The highest BCUT2D eigenvalue weighted by molar-refractivity contribution is 5.92. The maximum atomic E-state index is 13.1. The Morgan fingerprint density at radius 3 is 2.67 bits per heavy atom. The highest BCUT2D eigenvalue weighted by atomic mass is 16.5. The van der Waals surface area contributed by atoms with Crippen molar-refractivity contribution in [3.05, 3.63) is 81.1 Å². The molecular weight excluding hydrogens is 340 g/mol. The highest BCUT2D eigenvalue weighted by Crippen LogP contribution is 2.14. The summed E-state index contributed by atoms with van der Waals surface area (Å²) < 4.78 is 5.20. The van der Waals surface area contributed by atoms with Gasteiger partial charge in [0, 0.05) is 22.9 Å². The van der Waals surface area contributed by atoms with Gasteiger partial charge in [-0.15, -0.1) is 0 Å². The lowest BCUT2D eigenvalue weighted by Crippen LogP contribution is -3.10. The summed E-state index contributed by atoms with van der Waals surface area (Å²) in [4.78, 5) is 30.1. The molecule has 2 N–H and O–H groups in total. The number of carbonyl (C=O) groups is 1. The van der Waals surface area contributed by atoms with Gasteiger partial charge in [-0.05, 0) is 24.6 Å². The lowest BCUT2D eigenvalue weighted by atomic mass is 9.99. The van der Waals surface area contributed by atoms with E-state index in [2.05, 4.69) is 29.2 Å². The number of aromatic nitrogens is 1. The fourth-order valence-electron chi connectivity index (χ4n) is 3.87. The third-order valence-corrected chi connectivity index (χ3v) is 5.22. The van der Waals surface area contributed by atoms with Gasteiger partial charge in [0.2, 0.25) is 0 Å². The Labute approximate surface area is 157 Å². The fourth-order valence-corrected chi connectivity index (χ4v) is 3.87. The third kappa shape index (κ3) is 3.38. The van der Waals surface area contributed by atoms with Gasteiger partial charge in [-0.1, -0.05) is 36.4 Å². The molecule has 0 saturated carbocycles. The summed E-state index contributed by atoms with van der Waals surface area (Å²) in [6.07, 6.45) is 0.978. The number of para-hydroxylation sites is 1. The van der Waals surface area contributed by atoms with Crippen LogP contribution in [0.5, 0.6) is 0 Å². The molecule has 0 spiro atoms. The van der Waals surface area contributed by atoms with Crippen molar-refractivity contribution in [3.63, 3.8) is 0 Å². The number of rotatable bonds is 4. The Hall–Kier alpha value is -2.92. The van der Waals surface area contributed by atoms with Crippen molar-refractivity contribution >= 4 is 16.9 Å². The van der Waals surface area contributed by atoms with Crippen LogP contribution in [0.15, 0.2) is 53.3 Å². The molecule has 1 aliphatic rings. The Morgan fingerprint density at radius 2 is 1.85 bits per heavy atom. The van der Waals surface area contributed by atoms with Gasteiger partial charge in [-0.25, -0.2) is 4.79 Å². The molecule has 1 unspecified atom stereocenters. The summed E-state index contributed by atoms with van der Waals surface area (Å²) in [6.45, 7) is 4.33. The van der Waals surface area contributed by atoms with E-state index >= 15 is 0 Å². The predicted octanol–water partition coefficient (Wildman–Crippen LogP) is 1.85. The van der Waals surface area contributed by atoms with Gasteiger partial charge in [-0.3, -0.25) is 4.79 Å². The molecule has 5 nitrogen and oxygen atoms in total. The van der Waals surface area contributed by atoms with Crippen molar-refractivity contribution in [2.24, 2.45) is 0 Å². The van der Waals surface area contributed by atoms with Crippen LogP contribution in [0.25, 0.3) is 10.9 Å². The number of ether oxygens (including phenoxy) is 1. The van der Waals surface area contributed by atoms with E-state index in [1.165, 1.54) is 16.0 Å². The Morgan fingerprint density at radius 1 is 1.11 bits per heavy atom. The molecule has 27 heavy (non-hydrogen) atoms. The van der Waals surface area contributed by atoms with Gasteiger partial charge in [-0.2, -0.15) is 0 Å². The lowest BCUT2D eigenvalue weighted by molar-refractivity contribution is -0.929. The smallest absolute Gasteiger partial charge is 0.355 e. The van der Waals surface area contributed by atoms with Crippen molar-refractivity contribution in [2.75, 3.05) is 13.2 Å². The van der Waals surface area contributed by atoms with Crippen LogP contribution in [0.3, 0.4) is 0 Å². The molecular formula is C22H23N2O3+. The van der Waals surface area contributed by atoms with Crippen LogP contribution in [0.1, 0.15) is 34.1 Å². The molecule has 0 aliphatic carbocycles. The monoisotopic (exact) mass is 363 g/mol. The number of benzene rings is 2. The Balaban J connectivity index is 1.74. The van der Waals surface area contributed by atoms with E-state index in [1.54, 1.807) is 13.0 Å². The second-order valence-electron chi connectivity index (χ2n) is 6.95. The standard InChI is InChI=1S/C22H22N2O3/c1-2-27-22(26)20-18(21(25)17-9-5-6-10-19(17)23-20)14-24-12-11-15-7-3-4-8-16(15)13-24/h3-10H,2,11-14H2,1H3,(H,23,25)/p+1. The number of hydrogen-bond donors (Lipinski definition) is 2. The maximum Gasteiger partial charge on any atom is 0.355 e. The van der Waals surface area contributed by atoms with Crippen molar-refractivity contribution in [1.82, 2.24) is 4.98 Å². The number of carbonyl (C=O) groups excluding carboxylic acids is 1. The van der Waals surface area contributed by atoms with Gasteiger partial charge in [0.25, 0.3) is 0 Å². The van der Waals surface area contributed by atoms with Crippen molar-refractivity contribution in [3.8, 4) is 0 Å². The molecule has 5 heteroatoms. The molecule has 0 saturated heterocycles. The number of esters is 1. The molecule has 4 rings (SSSR count). The van der Waals surface area contributed by atoms with E-state index in [0.29, 0.717) is 23.0 Å². The van der Waals surface area contributed by atoms with Gasteiger partial charge in [0.1, 0.15) is 18.8 Å². The third-order valence-electron chi connectivity index (χ3n) is 5.22. The first-order valence-corrected chi connectivity index (χ1v) is 9.38. The second-order valence-corrected chi connectivity index (χ2v) is 6.95. The van der Waals surface area contributed by atoms with E-state index in [-0.39, 0.29) is 17.7 Å². The van der Waals surface area contributed by atoms with Crippen LogP contribution in [0.2, 0.25) is 0 Å². The van der Waals surface area contributed by atoms with Crippen LogP contribution in [0.4, 0.5) is 0 Å². The topological polar surface area (TPSA) is 63.6 Å². The van der Waals surface area contributed by atoms with Crippen molar-refractivity contribution < 1.29 is 14.4 Å². The Bertz CT molecular complexity index is 1050. The lowest BCUT2D eigenvalue weighted by Gasteiger charge is -2.26. The Kier molecular flexibility index (Phi) is 4.77. The van der Waals surface area contributed by atoms with E-state index in [0.717, 1.165) is 19.5 Å². The van der Waals surface area contributed by atoms with Crippen LogP contribution in [-0.2, 0) is 24.2 Å². The average molecular weight is 363 g/mol. The SMILES string of the molecule is CCOC(=O)c1[nH]c2ccccc2c(=O)c1C[NH+]1CCc2ccccc2C1. The molecule has 0 fully saturated rings. The van der Waals surface area contributed by atoms with E-state index in [1.807, 2.05) is 18.2 Å². The molecule has 0 bridgehead atoms. The summed E-state index contributed by atoms with van der Waals surface area (Å²) in [7, 11) is 0. The quantitative estimate of drug-likeness (QED) is 0.696. The summed E-state index contributed by atoms with van der Waals surface area (Å²) in [5.74, 6) is -0.466. The summed E-state index contributed by atoms with van der Waals surface area (Å²) in [5, 5.41) is 0.609. The number of aromatic amines is 1. The molecule has 2 aromatic carbocycles. The minimum absolute atomic E-state index is 0.0845. The average Bonchev–Trinajstić information content (AvgIpc) is 2.70. The van der Waals surface area contributed by atoms with E-state index in [4.69, 9.17) is 4.74 Å². The van der Waals surface area contributed by atoms with Crippen molar-refractivity contribution in [2.45, 2.75) is 26.4 Å². The molecule has 2 heterocycles. The first kappa shape index (κ1) is 17.5. The molecule has 138 valence electrons. The minimum atomic E-state index is -0.466. The number of H-pyrrole nitrogens is 1. The number of fused-ring (bicyclic) bond motifs is 2. The molecule has 1 aliphatic heterocycles. The number of hydrogen-bond acceptors (Lipinski definition) is 3. The van der Waals surface area contributed by atoms with E-state index < -0.39 is 5.97 Å². The molecule has 0 radical (unpaired) electrons. The maximum absolute atomic E-state index is 13.1. The van der Waals surface area contributed by atoms with Crippen LogP contribution in [-0.4, -0.2) is 24.1 Å². The zero-order valence-electron chi connectivity index (χ0n) is 15.4. The normalized spacial score (nSPS) is 16.1. The molecule has 1 aromatic heterocycles. The van der Waals surface area contributed by atoms with Gasteiger partial charge >= 0.3 is 5.97 Å². The van der Waals surface area contributed by atoms with E-state index in [9.17, 15) is 9.59 Å². The second kappa shape index (κ2) is 7.37. The summed E-state index contributed by atoms with van der Waals surface area (Å²) >= 11 is 0. The predicted molar refractivity (Wildman–Crippen MR) is 104 cm³/mol. The zero-order chi connectivity index (χ0) is 18.8. The van der Waals surface area contributed by atoms with Crippen LogP contribution < -0.4 is 10.3 Å². The van der Waals surface area contributed by atoms with Gasteiger partial charge in [0.05, 0.1) is 18.7 Å². The van der Waals surface area contributed by atoms with Crippen molar-refractivity contribution in [1.29, 1.82) is 0 Å². The van der Waals surface area contributed by atoms with Gasteiger partial charge in [0.15, 0.2) is 5.43 Å². The number of pyridine rings is 1. The number of quaternary nitrogens is 1. The minimum Gasteiger partial charge on any atom is -0.461 e. The summed E-state index contributed by atoms with van der Waals surface area (Å²) in [5.41, 5.74) is 4.06. The first-order valence-electron chi connectivity index (χ1n) is 9.38. The molecule has 0 amide bonds. The highest BCUT2D eigenvalue weighted by Gasteiger charge is 2.25. The zero-order valence-corrected chi connectivity index (χ0v) is 15.4. The van der Waals surface area contributed by atoms with Gasteiger partial charge < -0.3 is 14.6 Å². The van der Waals surface area contributed by atoms with Crippen LogP contribution >= 0.6 is 0 Å². The molecule has 1 atom stereocenters. The molecule has 3 aromatic rings. The summed E-state index contributed by atoms with van der Waals surface area (Å²) in [6, 6.07) is 15.7. The number of nitrogens with one attached hydrogen (secondary N) is 2. The largest absolute Gasteiger partial charge is 0.461 e. The fraction of sp³-hybridized carbons (Fsp3) is 0.273. The first-order chi connectivity index (χ1) is 13.2.